The number of hydrogen-bond donors (Lipinski definition) is 1. The highest BCUT2D eigenvalue weighted by Gasteiger charge is 2.31. The fraction of sp³-hybridized carbons (Fsp3) is 0.355. The van der Waals surface area contributed by atoms with Crippen LogP contribution in [0.4, 0.5) is 24.7 Å². The number of alkyl halides is 3. The van der Waals surface area contributed by atoms with E-state index >= 15 is 0 Å². The highest BCUT2D eigenvalue weighted by atomic mass is 19.4. The van der Waals surface area contributed by atoms with E-state index in [1.54, 1.807) is 6.07 Å². The van der Waals surface area contributed by atoms with Crippen LogP contribution in [0.2, 0.25) is 0 Å². The molecule has 3 aromatic rings. The summed E-state index contributed by atoms with van der Waals surface area (Å²) < 4.78 is 39.5. The summed E-state index contributed by atoms with van der Waals surface area (Å²) in [5.41, 5.74) is 3.73. The van der Waals surface area contributed by atoms with Gasteiger partial charge < -0.3 is 15.1 Å². The average molecular weight is 537 g/mol. The summed E-state index contributed by atoms with van der Waals surface area (Å²) in [5.74, 6) is 0.529. The molecule has 1 aliphatic heterocycles. The van der Waals surface area contributed by atoms with E-state index < -0.39 is 11.7 Å². The zero-order valence-corrected chi connectivity index (χ0v) is 22.7. The quantitative estimate of drug-likeness (QED) is 0.315. The molecule has 5 nitrogen and oxygen atoms in total. The molecule has 0 aliphatic carbocycles. The summed E-state index contributed by atoms with van der Waals surface area (Å²) in [7, 11) is 0. The lowest BCUT2D eigenvalue weighted by Gasteiger charge is -2.37. The van der Waals surface area contributed by atoms with Crippen molar-refractivity contribution in [3.8, 4) is 0 Å². The van der Waals surface area contributed by atoms with E-state index in [1.165, 1.54) is 23.3 Å². The van der Waals surface area contributed by atoms with Crippen LogP contribution in [0, 0.1) is 0 Å². The maximum Gasteiger partial charge on any atom is 0.416 e. The number of allylic oxidation sites excluding steroid dienone is 3. The highest BCUT2D eigenvalue weighted by molar-refractivity contribution is 6.07. The Hall–Kier alpha value is -3.81. The second-order valence-electron chi connectivity index (χ2n) is 10.1. The molecule has 1 amide bonds. The van der Waals surface area contributed by atoms with Crippen molar-refractivity contribution >= 4 is 28.3 Å². The number of para-hydroxylation sites is 1. The van der Waals surface area contributed by atoms with Crippen molar-refractivity contribution in [3.05, 3.63) is 89.0 Å². The molecule has 1 N–H and O–H groups in total. The van der Waals surface area contributed by atoms with Gasteiger partial charge in [0.1, 0.15) is 5.82 Å². The molecular weight excluding hydrogens is 501 g/mol. The van der Waals surface area contributed by atoms with Crippen molar-refractivity contribution in [1.82, 2.24) is 10.3 Å². The number of rotatable bonds is 8. The molecule has 4 rings (SSSR count). The minimum absolute atomic E-state index is 0.161. The molecule has 1 fully saturated rings. The molecule has 2 heterocycles. The second kappa shape index (κ2) is 12.4. The number of nitrogens with zero attached hydrogens (tertiary/aromatic N) is 3. The van der Waals surface area contributed by atoms with Crippen LogP contribution in [-0.2, 0) is 6.18 Å². The normalized spacial score (nSPS) is 14.5. The van der Waals surface area contributed by atoms with Gasteiger partial charge in [-0.25, -0.2) is 4.98 Å². The van der Waals surface area contributed by atoms with Gasteiger partial charge >= 0.3 is 6.18 Å². The number of amides is 1. The first-order chi connectivity index (χ1) is 18.6. The van der Waals surface area contributed by atoms with Gasteiger partial charge in [-0.1, -0.05) is 47.6 Å². The monoisotopic (exact) mass is 536 g/mol. The third kappa shape index (κ3) is 7.40. The lowest BCUT2D eigenvalue weighted by molar-refractivity contribution is -0.137. The average Bonchev–Trinajstić information content (AvgIpc) is 2.92. The number of piperazine rings is 1. The number of halogens is 3. The summed E-state index contributed by atoms with van der Waals surface area (Å²) >= 11 is 0. The van der Waals surface area contributed by atoms with E-state index in [0.29, 0.717) is 49.8 Å². The Labute approximate surface area is 228 Å². The number of benzene rings is 2. The molecule has 206 valence electrons. The third-order valence-electron chi connectivity index (χ3n) is 6.89. The molecule has 0 saturated carbocycles. The molecule has 0 unspecified atom stereocenters. The van der Waals surface area contributed by atoms with Crippen molar-refractivity contribution in [2.24, 2.45) is 0 Å². The minimum Gasteiger partial charge on any atom is -0.368 e. The van der Waals surface area contributed by atoms with E-state index in [-0.39, 0.29) is 5.91 Å². The predicted octanol–water partition coefficient (Wildman–Crippen LogP) is 7.00. The van der Waals surface area contributed by atoms with Gasteiger partial charge in [-0.15, -0.1) is 0 Å². The first-order valence-corrected chi connectivity index (χ1v) is 13.3. The molecule has 0 atom stereocenters. The van der Waals surface area contributed by atoms with Crippen LogP contribution in [0.1, 0.15) is 49.5 Å². The van der Waals surface area contributed by atoms with E-state index in [0.717, 1.165) is 29.8 Å². The van der Waals surface area contributed by atoms with Gasteiger partial charge in [0.25, 0.3) is 5.91 Å². The van der Waals surface area contributed by atoms with Gasteiger partial charge in [0.2, 0.25) is 0 Å². The molecule has 0 bridgehead atoms. The van der Waals surface area contributed by atoms with Gasteiger partial charge in [-0.05, 0) is 63.9 Å². The summed E-state index contributed by atoms with van der Waals surface area (Å²) in [6, 6.07) is 14.8. The van der Waals surface area contributed by atoms with Gasteiger partial charge in [-0.3, -0.25) is 4.79 Å². The number of pyridine rings is 1. The Morgan fingerprint density at radius 1 is 0.949 bits per heavy atom. The van der Waals surface area contributed by atoms with Crippen molar-refractivity contribution in [3.63, 3.8) is 0 Å². The van der Waals surface area contributed by atoms with E-state index in [9.17, 15) is 18.0 Å². The maximum absolute atomic E-state index is 13.2. The molecule has 0 radical (unpaired) electrons. The van der Waals surface area contributed by atoms with E-state index in [4.69, 9.17) is 4.98 Å². The largest absolute Gasteiger partial charge is 0.416 e. The van der Waals surface area contributed by atoms with Crippen LogP contribution in [0.15, 0.2) is 77.9 Å². The molecule has 1 aromatic heterocycles. The fourth-order valence-corrected chi connectivity index (χ4v) is 4.69. The van der Waals surface area contributed by atoms with Gasteiger partial charge in [-0.2, -0.15) is 13.2 Å². The van der Waals surface area contributed by atoms with Crippen molar-refractivity contribution in [2.45, 2.75) is 39.8 Å². The van der Waals surface area contributed by atoms with Crippen molar-refractivity contribution in [1.29, 1.82) is 0 Å². The zero-order valence-electron chi connectivity index (χ0n) is 22.7. The molecule has 39 heavy (non-hydrogen) atoms. The second-order valence-corrected chi connectivity index (χ2v) is 10.1. The Balaban J connectivity index is 1.46. The number of nitrogens with one attached hydrogen (secondary N) is 1. The first kappa shape index (κ1) is 28.2. The third-order valence-corrected chi connectivity index (χ3v) is 6.89. The van der Waals surface area contributed by atoms with Crippen LogP contribution in [0.25, 0.3) is 10.9 Å². The zero-order chi connectivity index (χ0) is 28.0. The van der Waals surface area contributed by atoms with Crippen LogP contribution in [0.3, 0.4) is 0 Å². The molecule has 1 aliphatic rings. The Morgan fingerprint density at radius 3 is 2.38 bits per heavy atom. The summed E-state index contributed by atoms with van der Waals surface area (Å²) in [4.78, 5) is 22.1. The Morgan fingerprint density at radius 2 is 1.67 bits per heavy atom. The molecular formula is C31H35F3N4O. The van der Waals surface area contributed by atoms with Crippen LogP contribution in [-0.4, -0.2) is 43.6 Å². The van der Waals surface area contributed by atoms with Crippen LogP contribution >= 0.6 is 0 Å². The van der Waals surface area contributed by atoms with Gasteiger partial charge in [0.05, 0.1) is 16.6 Å². The highest BCUT2D eigenvalue weighted by Crippen LogP contribution is 2.32. The number of carbonyl (C=O) groups excluding carboxylic acids is 1. The number of carbonyl (C=O) groups is 1. The number of anilines is 2. The van der Waals surface area contributed by atoms with Crippen LogP contribution in [0.5, 0.6) is 0 Å². The summed E-state index contributed by atoms with van der Waals surface area (Å²) in [6.07, 6.45) is 1.83. The standard InChI is InChI=1S/C31H35F3N4O/c1-22(2)8-6-9-23(3)14-15-35-30(39)27-21-29(36-28-13-5-4-12-26(27)28)38-18-16-37(17-19-38)25-11-7-10-24(20-25)31(32,33)34/h4-5,7-8,10-14,20-21H,6,9,15-19H2,1-3H3,(H,35,39). The van der Waals surface area contributed by atoms with Crippen molar-refractivity contribution < 1.29 is 18.0 Å². The number of fused-ring (bicyclic) bond motifs is 1. The number of hydrogen-bond acceptors (Lipinski definition) is 4. The minimum atomic E-state index is -4.37. The fourth-order valence-electron chi connectivity index (χ4n) is 4.69. The molecule has 0 spiro atoms. The smallest absolute Gasteiger partial charge is 0.368 e. The predicted molar refractivity (Wildman–Crippen MR) is 152 cm³/mol. The SMILES string of the molecule is CC(C)=CCCC(C)=CCNC(=O)c1cc(N2CCN(c3cccc(C(F)(F)F)c3)CC2)nc2ccccc12. The summed E-state index contributed by atoms with van der Waals surface area (Å²) in [5, 5.41) is 3.80. The van der Waals surface area contributed by atoms with Gasteiger partial charge in [0, 0.05) is 43.8 Å². The number of aromatic nitrogens is 1. The van der Waals surface area contributed by atoms with E-state index in [2.05, 4.69) is 37.1 Å². The molecule has 2 aromatic carbocycles. The Bertz CT molecular complexity index is 1370. The molecule has 1 saturated heterocycles. The lowest BCUT2D eigenvalue weighted by Crippen LogP contribution is -2.47. The maximum atomic E-state index is 13.2. The lowest BCUT2D eigenvalue weighted by atomic mass is 10.1. The molecule has 8 heteroatoms. The first-order valence-electron chi connectivity index (χ1n) is 13.3. The van der Waals surface area contributed by atoms with Crippen molar-refractivity contribution in [2.75, 3.05) is 42.5 Å². The van der Waals surface area contributed by atoms with Gasteiger partial charge in [0.15, 0.2) is 0 Å². The van der Waals surface area contributed by atoms with Crippen LogP contribution < -0.4 is 15.1 Å². The van der Waals surface area contributed by atoms with E-state index in [1.807, 2.05) is 41.3 Å². The topological polar surface area (TPSA) is 48.5 Å². The Kier molecular flexibility index (Phi) is 8.94. The summed E-state index contributed by atoms with van der Waals surface area (Å²) in [6.45, 7) is 8.95.